The average Bonchev–Trinajstić information content (AvgIpc) is 2.81. The van der Waals surface area contributed by atoms with Gasteiger partial charge < -0.3 is 10.1 Å². The molecule has 0 aromatic carbocycles. The van der Waals surface area contributed by atoms with Crippen LogP contribution >= 0.6 is 0 Å². The molecule has 0 radical (unpaired) electrons. The van der Waals surface area contributed by atoms with Gasteiger partial charge in [-0.15, -0.1) is 0 Å². The van der Waals surface area contributed by atoms with Gasteiger partial charge in [-0.3, -0.25) is 4.68 Å². The van der Waals surface area contributed by atoms with Crippen LogP contribution in [0.2, 0.25) is 0 Å². The summed E-state index contributed by atoms with van der Waals surface area (Å²) < 4.78 is 7.52. The van der Waals surface area contributed by atoms with Crippen molar-refractivity contribution >= 4 is 0 Å². The van der Waals surface area contributed by atoms with Gasteiger partial charge in [0.1, 0.15) is 0 Å². The van der Waals surface area contributed by atoms with E-state index in [-0.39, 0.29) is 0 Å². The van der Waals surface area contributed by atoms with Crippen LogP contribution in [0.3, 0.4) is 0 Å². The van der Waals surface area contributed by atoms with Crippen LogP contribution in [-0.4, -0.2) is 23.4 Å². The Labute approximate surface area is 111 Å². The van der Waals surface area contributed by atoms with Gasteiger partial charge >= 0.3 is 0 Å². The molecule has 18 heavy (non-hydrogen) atoms. The van der Waals surface area contributed by atoms with Gasteiger partial charge in [0.15, 0.2) is 5.75 Å². The zero-order valence-corrected chi connectivity index (χ0v) is 12.4. The molecule has 0 aliphatic rings. The number of hydrogen-bond donors (Lipinski definition) is 1. The predicted molar refractivity (Wildman–Crippen MR) is 74.9 cm³/mol. The number of ether oxygens (including phenoxy) is 1. The van der Waals surface area contributed by atoms with E-state index in [0.717, 1.165) is 31.7 Å². The van der Waals surface area contributed by atoms with E-state index < -0.39 is 0 Å². The first-order valence-electron chi connectivity index (χ1n) is 7.06. The summed E-state index contributed by atoms with van der Waals surface area (Å²) in [7, 11) is 1.72. The normalized spacial score (nSPS) is 13.0. The molecule has 0 aliphatic carbocycles. The van der Waals surface area contributed by atoms with Crippen LogP contribution in [0.25, 0.3) is 0 Å². The number of nitrogens with zero attached hydrogens (tertiary/aromatic N) is 2. The summed E-state index contributed by atoms with van der Waals surface area (Å²) in [5.41, 5.74) is 1.19. The summed E-state index contributed by atoms with van der Waals surface area (Å²) in [5.74, 6) is 1.51. The minimum Gasteiger partial charge on any atom is -0.493 e. The number of aromatic nitrogens is 2. The molecule has 1 rings (SSSR count). The van der Waals surface area contributed by atoms with Crippen molar-refractivity contribution < 1.29 is 4.74 Å². The Kier molecular flexibility index (Phi) is 6.19. The van der Waals surface area contributed by atoms with Crippen LogP contribution in [-0.2, 0) is 6.54 Å². The number of hydrogen-bond acceptors (Lipinski definition) is 3. The third-order valence-electron chi connectivity index (χ3n) is 3.60. The SMILES string of the molecule is CCNC(c1c(OC)cnn1CC)C(CC)CC. The Morgan fingerprint density at radius 2 is 1.94 bits per heavy atom. The number of rotatable bonds is 8. The maximum Gasteiger partial charge on any atom is 0.161 e. The van der Waals surface area contributed by atoms with E-state index in [9.17, 15) is 0 Å². The lowest BCUT2D eigenvalue weighted by Gasteiger charge is -2.27. The van der Waals surface area contributed by atoms with Crippen molar-refractivity contribution in [3.8, 4) is 5.75 Å². The minimum absolute atomic E-state index is 0.322. The average molecular weight is 253 g/mol. The number of nitrogens with one attached hydrogen (secondary N) is 1. The maximum absolute atomic E-state index is 5.47. The zero-order chi connectivity index (χ0) is 13.5. The molecular weight excluding hydrogens is 226 g/mol. The van der Waals surface area contributed by atoms with Crippen LogP contribution in [0, 0.1) is 5.92 Å². The highest BCUT2D eigenvalue weighted by Crippen LogP contribution is 2.33. The molecule has 1 unspecified atom stereocenters. The second-order valence-corrected chi connectivity index (χ2v) is 4.53. The topological polar surface area (TPSA) is 39.1 Å². The molecule has 0 amide bonds. The molecule has 0 saturated heterocycles. The largest absolute Gasteiger partial charge is 0.493 e. The summed E-state index contributed by atoms with van der Waals surface area (Å²) >= 11 is 0. The van der Waals surface area contributed by atoms with Gasteiger partial charge in [-0.1, -0.05) is 33.6 Å². The van der Waals surface area contributed by atoms with Gasteiger partial charge in [-0.25, -0.2) is 0 Å². The highest BCUT2D eigenvalue weighted by atomic mass is 16.5. The van der Waals surface area contributed by atoms with Gasteiger partial charge in [0.05, 0.1) is 25.0 Å². The van der Waals surface area contributed by atoms with E-state index >= 15 is 0 Å². The predicted octanol–water partition coefficient (Wildman–Crippen LogP) is 3.00. The van der Waals surface area contributed by atoms with E-state index in [2.05, 4.69) is 38.1 Å². The lowest BCUT2D eigenvalue weighted by Crippen LogP contribution is -2.30. The molecule has 0 saturated carbocycles. The van der Waals surface area contributed by atoms with Crippen LogP contribution in [0.4, 0.5) is 0 Å². The fourth-order valence-electron chi connectivity index (χ4n) is 2.57. The Balaban J connectivity index is 3.14. The van der Waals surface area contributed by atoms with Crippen LogP contribution in [0.5, 0.6) is 5.75 Å². The number of aryl methyl sites for hydroxylation is 1. The quantitative estimate of drug-likeness (QED) is 0.774. The minimum atomic E-state index is 0.322. The van der Waals surface area contributed by atoms with Crippen molar-refractivity contribution in [2.75, 3.05) is 13.7 Å². The van der Waals surface area contributed by atoms with Crippen molar-refractivity contribution in [2.24, 2.45) is 5.92 Å². The van der Waals surface area contributed by atoms with Gasteiger partial charge in [0.2, 0.25) is 0 Å². The molecule has 0 aliphatic heterocycles. The lowest BCUT2D eigenvalue weighted by molar-refractivity contribution is 0.313. The molecule has 0 fully saturated rings. The maximum atomic E-state index is 5.47. The Morgan fingerprint density at radius 3 is 2.39 bits per heavy atom. The Hall–Kier alpha value is -1.03. The first-order valence-corrected chi connectivity index (χ1v) is 7.06. The van der Waals surface area contributed by atoms with Gasteiger partial charge in [0.25, 0.3) is 0 Å². The van der Waals surface area contributed by atoms with Crippen molar-refractivity contribution in [2.45, 2.75) is 53.1 Å². The standard InChI is InChI=1S/C14H27N3O/c1-6-11(7-2)13(15-8-3)14-12(18-5)10-16-17(14)9-4/h10-11,13,15H,6-9H2,1-5H3. The summed E-state index contributed by atoms with van der Waals surface area (Å²) in [6.07, 6.45) is 4.14. The molecular formula is C14H27N3O. The third kappa shape index (κ3) is 3.05. The fraction of sp³-hybridized carbons (Fsp3) is 0.786. The smallest absolute Gasteiger partial charge is 0.161 e. The van der Waals surface area contributed by atoms with Gasteiger partial charge in [-0.05, 0) is 19.4 Å². The molecule has 4 nitrogen and oxygen atoms in total. The fourth-order valence-corrected chi connectivity index (χ4v) is 2.57. The summed E-state index contributed by atoms with van der Waals surface area (Å²) in [5, 5.41) is 8.01. The second-order valence-electron chi connectivity index (χ2n) is 4.53. The lowest BCUT2D eigenvalue weighted by atomic mass is 9.91. The van der Waals surface area contributed by atoms with Gasteiger partial charge in [0, 0.05) is 6.54 Å². The highest BCUT2D eigenvalue weighted by Gasteiger charge is 2.26. The Morgan fingerprint density at radius 1 is 1.28 bits per heavy atom. The molecule has 1 N–H and O–H groups in total. The summed E-state index contributed by atoms with van der Waals surface area (Å²) in [4.78, 5) is 0. The van der Waals surface area contributed by atoms with E-state index in [1.165, 1.54) is 5.69 Å². The monoisotopic (exact) mass is 253 g/mol. The van der Waals surface area contributed by atoms with E-state index in [4.69, 9.17) is 4.74 Å². The summed E-state index contributed by atoms with van der Waals surface area (Å²) in [6.45, 7) is 10.6. The van der Waals surface area contributed by atoms with Gasteiger partial charge in [-0.2, -0.15) is 5.10 Å². The van der Waals surface area contributed by atoms with E-state index in [1.807, 2.05) is 10.9 Å². The zero-order valence-electron chi connectivity index (χ0n) is 12.4. The van der Waals surface area contributed by atoms with E-state index in [1.54, 1.807) is 7.11 Å². The molecule has 0 spiro atoms. The second kappa shape index (κ2) is 7.41. The number of methoxy groups -OCH3 is 1. The Bertz CT molecular complexity index is 323. The highest BCUT2D eigenvalue weighted by molar-refractivity contribution is 5.29. The first-order chi connectivity index (χ1) is 8.73. The van der Waals surface area contributed by atoms with Crippen LogP contribution < -0.4 is 10.1 Å². The third-order valence-corrected chi connectivity index (χ3v) is 3.60. The van der Waals surface area contributed by atoms with Crippen molar-refractivity contribution in [3.63, 3.8) is 0 Å². The molecule has 1 heterocycles. The molecule has 4 heteroatoms. The van der Waals surface area contributed by atoms with Crippen molar-refractivity contribution in [3.05, 3.63) is 11.9 Å². The molecule has 1 atom stereocenters. The van der Waals surface area contributed by atoms with Crippen molar-refractivity contribution in [1.82, 2.24) is 15.1 Å². The molecule has 104 valence electrons. The molecule has 1 aromatic rings. The van der Waals surface area contributed by atoms with E-state index in [0.29, 0.717) is 12.0 Å². The summed E-state index contributed by atoms with van der Waals surface area (Å²) in [6, 6.07) is 0.322. The molecule has 0 bridgehead atoms. The van der Waals surface area contributed by atoms with Crippen LogP contribution in [0.15, 0.2) is 6.20 Å². The first kappa shape index (κ1) is 15.0. The van der Waals surface area contributed by atoms with Crippen LogP contribution in [0.1, 0.15) is 52.3 Å². The van der Waals surface area contributed by atoms with Crippen molar-refractivity contribution in [1.29, 1.82) is 0 Å². The molecule has 1 aromatic heterocycles.